The van der Waals surface area contributed by atoms with Crippen LogP contribution in [-0.2, 0) is 0 Å². The Balaban J connectivity index is 2.31. The second kappa shape index (κ2) is 5.69. The molecule has 0 aliphatic heterocycles. The molecule has 0 radical (unpaired) electrons. The number of aliphatic hydroxyl groups is 1. The van der Waals surface area contributed by atoms with Gasteiger partial charge in [0.2, 0.25) is 0 Å². The molecule has 0 amide bonds. The van der Waals surface area contributed by atoms with Crippen LogP contribution < -0.4 is 11.2 Å². The van der Waals surface area contributed by atoms with E-state index < -0.39 is 5.60 Å². The number of allylic oxidation sites excluding steroid dienone is 2. The molecule has 1 saturated carbocycles. The fourth-order valence-electron chi connectivity index (χ4n) is 3.74. The molecule has 118 valence electrons. The third kappa shape index (κ3) is 3.46. The topological polar surface area (TPSA) is 70.6 Å². The van der Waals surface area contributed by atoms with Crippen LogP contribution in [0.4, 0.5) is 0 Å². The van der Waals surface area contributed by atoms with Gasteiger partial charge in [-0.15, -0.1) is 0 Å². The van der Waals surface area contributed by atoms with Crippen LogP contribution in [0.25, 0.3) is 0 Å². The first-order chi connectivity index (χ1) is 9.63. The average Bonchev–Trinajstić information content (AvgIpc) is 2.36. The Bertz CT molecular complexity index is 504. The van der Waals surface area contributed by atoms with Crippen LogP contribution in [0, 0.1) is 11.3 Å². The third-order valence-electron chi connectivity index (χ3n) is 5.32. The van der Waals surface area contributed by atoms with Gasteiger partial charge in [0.05, 0.1) is 11.3 Å². The van der Waals surface area contributed by atoms with Gasteiger partial charge < -0.3 is 10.8 Å². The van der Waals surface area contributed by atoms with Crippen molar-refractivity contribution in [3.05, 3.63) is 11.1 Å². The summed E-state index contributed by atoms with van der Waals surface area (Å²) in [5.41, 5.74) is 11.6. The van der Waals surface area contributed by atoms with Crippen LogP contribution in [0.2, 0.25) is 0 Å². The minimum atomic E-state index is -0.625. The highest BCUT2D eigenvalue weighted by Crippen LogP contribution is 2.52. The molecule has 2 aliphatic rings. The zero-order chi connectivity index (χ0) is 15.8. The van der Waals surface area contributed by atoms with Gasteiger partial charge in [0, 0.05) is 0 Å². The van der Waals surface area contributed by atoms with Crippen molar-refractivity contribution in [1.82, 2.24) is 5.43 Å². The number of thiocarbonyl (C=S) groups is 1. The summed E-state index contributed by atoms with van der Waals surface area (Å²) in [6.07, 6.45) is 5.25. The molecule has 4 nitrogen and oxygen atoms in total. The van der Waals surface area contributed by atoms with E-state index in [1.165, 1.54) is 11.1 Å². The lowest BCUT2D eigenvalue weighted by molar-refractivity contribution is -0.00351. The Morgan fingerprint density at radius 1 is 1.48 bits per heavy atom. The molecule has 0 aromatic rings. The number of nitrogens with one attached hydrogen (secondary N) is 1. The Morgan fingerprint density at radius 2 is 2.14 bits per heavy atom. The molecule has 0 saturated heterocycles. The Labute approximate surface area is 132 Å². The van der Waals surface area contributed by atoms with E-state index >= 15 is 0 Å². The molecule has 0 aromatic carbocycles. The quantitative estimate of drug-likeness (QED) is 0.542. The van der Waals surface area contributed by atoms with E-state index in [9.17, 15) is 5.11 Å². The fourth-order valence-corrected chi connectivity index (χ4v) is 3.79. The van der Waals surface area contributed by atoms with E-state index in [1.807, 2.05) is 13.8 Å². The average molecular weight is 309 g/mol. The van der Waals surface area contributed by atoms with E-state index in [4.69, 9.17) is 18.0 Å². The lowest BCUT2D eigenvalue weighted by Gasteiger charge is -2.47. The standard InChI is InChI=1S/C16H27N3OS/c1-10-12-9-11(15(2,3)20)5-7-16(12,4)8-6-13(10)18-19-14(17)21/h11,20H,5-9H2,1-4H3,(H3,17,19,21)/b18-13+. The van der Waals surface area contributed by atoms with E-state index in [0.29, 0.717) is 5.92 Å². The smallest absolute Gasteiger partial charge is 0.184 e. The number of hydrogen-bond acceptors (Lipinski definition) is 3. The summed E-state index contributed by atoms with van der Waals surface area (Å²) in [6.45, 7) is 8.33. The van der Waals surface area contributed by atoms with Gasteiger partial charge in [-0.25, -0.2) is 0 Å². The second-order valence-electron chi connectivity index (χ2n) is 7.29. The predicted molar refractivity (Wildman–Crippen MR) is 91.0 cm³/mol. The van der Waals surface area contributed by atoms with E-state index in [2.05, 4.69) is 24.4 Å². The van der Waals surface area contributed by atoms with Gasteiger partial charge >= 0.3 is 0 Å². The van der Waals surface area contributed by atoms with Gasteiger partial charge in [-0.2, -0.15) is 5.10 Å². The van der Waals surface area contributed by atoms with Crippen LogP contribution in [0.15, 0.2) is 16.2 Å². The SMILES string of the molecule is CC1=C2CC(C(C)(C)O)CCC2(C)CC/C1=N\NC(N)=S. The molecule has 4 N–H and O–H groups in total. The van der Waals surface area contributed by atoms with Crippen molar-refractivity contribution >= 4 is 23.0 Å². The first-order valence-corrected chi connectivity index (χ1v) is 8.09. The molecule has 0 bridgehead atoms. The summed E-state index contributed by atoms with van der Waals surface area (Å²) in [6, 6.07) is 0. The molecule has 0 heterocycles. The predicted octanol–water partition coefficient (Wildman–Crippen LogP) is 2.86. The number of fused-ring (bicyclic) bond motifs is 1. The van der Waals surface area contributed by atoms with Crippen molar-refractivity contribution < 1.29 is 5.11 Å². The largest absolute Gasteiger partial charge is 0.390 e. The first kappa shape index (κ1) is 16.4. The molecule has 2 aliphatic carbocycles. The summed E-state index contributed by atoms with van der Waals surface area (Å²) in [4.78, 5) is 0. The molecule has 2 unspecified atom stereocenters. The van der Waals surface area contributed by atoms with E-state index in [-0.39, 0.29) is 10.5 Å². The minimum Gasteiger partial charge on any atom is -0.390 e. The summed E-state index contributed by atoms with van der Waals surface area (Å²) in [5.74, 6) is 0.318. The lowest BCUT2D eigenvalue weighted by atomic mass is 9.59. The van der Waals surface area contributed by atoms with Crippen molar-refractivity contribution in [2.45, 2.75) is 65.4 Å². The zero-order valence-corrected chi connectivity index (χ0v) is 14.3. The normalized spacial score (nSPS) is 32.0. The highest BCUT2D eigenvalue weighted by Gasteiger charge is 2.43. The van der Waals surface area contributed by atoms with Crippen molar-refractivity contribution in [1.29, 1.82) is 0 Å². The van der Waals surface area contributed by atoms with Crippen molar-refractivity contribution in [2.75, 3.05) is 0 Å². The van der Waals surface area contributed by atoms with E-state index in [0.717, 1.165) is 37.8 Å². The van der Waals surface area contributed by atoms with Crippen LogP contribution >= 0.6 is 12.2 Å². The second-order valence-corrected chi connectivity index (χ2v) is 7.73. The summed E-state index contributed by atoms with van der Waals surface area (Å²) < 4.78 is 0. The highest BCUT2D eigenvalue weighted by atomic mass is 32.1. The molecule has 2 atom stereocenters. The fraction of sp³-hybridized carbons (Fsp3) is 0.750. The third-order valence-corrected chi connectivity index (χ3v) is 5.41. The summed E-state index contributed by atoms with van der Waals surface area (Å²) >= 11 is 4.82. The van der Waals surface area contributed by atoms with Gasteiger partial charge in [0.25, 0.3) is 0 Å². The molecular weight excluding hydrogens is 282 g/mol. The summed E-state index contributed by atoms with van der Waals surface area (Å²) in [7, 11) is 0. The number of hydrogen-bond donors (Lipinski definition) is 3. The monoisotopic (exact) mass is 309 g/mol. The van der Waals surface area contributed by atoms with Crippen molar-refractivity contribution in [2.24, 2.45) is 22.2 Å². The van der Waals surface area contributed by atoms with Crippen LogP contribution in [0.5, 0.6) is 0 Å². The first-order valence-electron chi connectivity index (χ1n) is 7.68. The summed E-state index contributed by atoms with van der Waals surface area (Å²) in [5, 5.41) is 14.9. The number of nitrogens with zero attached hydrogens (tertiary/aromatic N) is 1. The molecule has 1 fully saturated rings. The van der Waals surface area contributed by atoms with Gasteiger partial charge in [-0.3, -0.25) is 5.43 Å². The Kier molecular flexibility index (Phi) is 4.45. The van der Waals surface area contributed by atoms with Crippen LogP contribution in [0.3, 0.4) is 0 Å². The van der Waals surface area contributed by atoms with Gasteiger partial charge in [0.15, 0.2) is 5.11 Å². The highest BCUT2D eigenvalue weighted by molar-refractivity contribution is 7.80. The molecule has 0 spiro atoms. The lowest BCUT2D eigenvalue weighted by Crippen LogP contribution is -2.40. The molecular formula is C16H27N3OS. The maximum Gasteiger partial charge on any atom is 0.184 e. The molecule has 0 aromatic heterocycles. The molecule has 2 rings (SSSR count). The maximum absolute atomic E-state index is 10.3. The number of hydrazone groups is 1. The van der Waals surface area contributed by atoms with Crippen molar-refractivity contribution in [3.63, 3.8) is 0 Å². The van der Waals surface area contributed by atoms with Crippen LogP contribution in [0.1, 0.15) is 59.8 Å². The number of nitrogens with two attached hydrogens (primary N) is 1. The minimum absolute atomic E-state index is 0.201. The maximum atomic E-state index is 10.3. The number of rotatable bonds is 2. The van der Waals surface area contributed by atoms with Gasteiger partial charge in [0.1, 0.15) is 0 Å². The molecule has 21 heavy (non-hydrogen) atoms. The van der Waals surface area contributed by atoms with Crippen molar-refractivity contribution in [3.8, 4) is 0 Å². The van der Waals surface area contributed by atoms with Gasteiger partial charge in [-0.05, 0) is 82.0 Å². The molecule has 5 heteroatoms. The zero-order valence-electron chi connectivity index (χ0n) is 13.5. The van der Waals surface area contributed by atoms with Gasteiger partial charge in [-0.1, -0.05) is 12.5 Å². The Hall–Kier alpha value is -0.940. The van der Waals surface area contributed by atoms with Crippen LogP contribution in [-0.4, -0.2) is 21.5 Å². The Morgan fingerprint density at radius 3 is 2.71 bits per heavy atom. The van der Waals surface area contributed by atoms with E-state index in [1.54, 1.807) is 0 Å².